The molecule has 0 aliphatic heterocycles. The number of aliphatic hydroxyl groups is 1. The maximum absolute atomic E-state index is 12.2. The largest absolute Gasteiger partial charge is 0.388 e. The van der Waals surface area contributed by atoms with Gasteiger partial charge in [-0.3, -0.25) is 0 Å². The molecule has 1 aromatic heterocycles. The number of hydrogen-bond acceptors (Lipinski definition) is 5. The van der Waals surface area contributed by atoms with Crippen molar-refractivity contribution in [1.29, 1.82) is 0 Å². The Morgan fingerprint density at radius 2 is 1.95 bits per heavy atom. The van der Waals surface area contributed by atoms with Crippen molar-refractivity contribution in [2.24, 2.45) is 0 Å². The van der Waals surface area contributed by atoms with Crippen molar-refractivity contribution >= 4 is 16.0 Å². The first-order valence-corrected chi connectivity index (χ1v) is 7.59. The fourth-order valence-electron chi connectivity index (χ4n) is 1.66. The Labute approximate surface area is 117 Å². The number of aromatic nitrogens is 2. The van der Waals surface area contributed by atoms with Crippen LogP contribution in [-0.2, 0) is 10.0 Å². The van der Waals surface area contributed by atoms with Gasteiger partial charge in [0.1, 0.15) is 0 Å². The Morgan fingerprint density at radius 3 is 2.60 bits per heavy atom. The molecule has 0 saturated heterocycles. The molecule has 2 N–H and O–H groups in total. The highest BCUT2D eigenvalue weighted by atomic mass is 32.2. The number of rotatable bonds is 5. The molecule has 0 amide bonds. The average molecular weight is 293 g/mol. The van der Waals surface area contributed by atoms with Crippen molar-refractivity contribution < 1.29 is 13.5 Å². The summed E-state index contributed by atoms with van der Waals surface area (Å²) in [5.74, 6) is 0.00828. The molecule has 20 heavy (non-hydrogen) atoms. The Hall–Kier alpha value is -1.99. The number of sulfonamides is 1. The minimum absolute atomic E-state index is 0.00828. The Bertz CT molecular complexity index is 674. The molecule has 0 bridgehead atoms. The lowest BCUT2D eigenvalue weighted by atomic mass is 10.1. The lowest BCUT2D eigenvalue weighted by molar-refractivity contribution is 0.173. The number of nitrogens with one attached hydrogen (secondary N) is 1. The third-order valence-electron chi connectivity index (χ3n) is 2.73. The summed E-state index contributed by atoms with van der Waals surface area (Å²) in [5, 5.41) is 9.77. The first-order chi connectivity index (χ1) is 9.53. The molecule has 0 fully saturated rings. The molecular weight excluding hydrogens is 278 g/mol. The molecular formula is C13H15N3O3S. The summed E-state index contributed by atoms with van der Waals surface area (Å²) in [5.41, 5.74) is 0.560. The van der Waals surface area contributed by atoms with E-state index in [0.717, 1.165) is 0 Å². The predicted octanol–water partition coefficient (Wildman–Crippen LogP) is 1.72. The molecule has 1 aromatic carbocycles. The normalized spacial score (nSPS) is 12.9. The van der Waals surface area contributed by atoms with Gasteiger partial charge in [0.15, 0.2) is 0 Å². The molecule has 0 aliphatic carbocycles. The molecule has 1 atom stereocenters. The van der Waals surface area contributed by atoms with Gasteiger partial charge in [-0.1, -0.05) is 19.1 Å². The molecule has 6 nitrogen and oxygen atoms in total. The van der Waals surface area contributed by atoms with Gasteiger partial charge in [-0.15, -0.1) is 0 Å². The summed E-state index contributed by atoms with van der Waals surface area (Å²) in [4.78, 5) is 7.69. The molecule has 0 spiro atoms. The van der Waals surface area contributed by atoms with Gasteiger partial charge in [0, 0.05) is 12.4 Å². The quantitative estimate of drug-likeness (QED) is 0.875. The van der Waals surface area contributed by atoms with Crippen molar-refractivity contribution in [3.8, 4) is 0 Å². The summed E-state index contributed by atoms with van der Waals surface area (Å²) < 4.78 is 26.7. The van der Waals surface area contributed by atoms with Crippen LogP contribution >= 0.6 is 0 Å². The van der Waals surface area contributed by atoms with Crippen LogP contribution in [0, 0.1) is 0 Å². The van der Waals surface area contributed by atoms with E-state index in [-0.39, 0.29) is 10.8 Å². The van der Waals surface area contributed by atoms with Crippen LogP contribution in [0.5, 0.6) is 0 Å². The van der Waals surface area contributed by atoms with Crippen LogP contribution in [0.3, 0.4) is 0 Å². The van der Waals surface area contributed by atoms with Crippen molar-refractivity contribution in [1.82, 2.24) is 9.97 Å². The average Bonchev–Trinajstić information content (AvgIpc) is 2.47. The van der Waals surface area contributed by atoms with E-state index >= 15 is 0 Å². The second-order valence-electron chi connectivity index (χ2n) is 4.17. The first kappa shape index (κ1) is 14.4. The van der Waals surface area contributed by atoms with Crippen molar-refractivity contribution in [3.05, 3.63) is 48.3 Å². The number of benzene rings is 1. The van der Waals surface area contributed by atoms with Crippen LogP contribution in [0.25, 0.3) is 0 Å². The van der Waals surface area contributed by atoms with Gasteiger partial charge < -0.3 is 5.11 Å². The van der Waals surface area contributed by atoms with Crippen LogP contribution in [0.2, 0.25) is 0 Å². The summed E-state index contributed by atoms with van der Waals surface area (Å²) in [6, 6.07) is 7.77. The van der Waals surface area contributed by atoms with E-state index < -0.39 is 16.1 Å². The number of hydrogen-bond donors (Lipinski definition) is 2. The third kappa shape index (κ3) is 3.31. The minimum Gasteiger partial charge on any atom is -0.388 e. The first-order valence-electron chi connectivity index (χ1n) is 6.11. The van der Waals surface area contributed by atoms with Crippen molar-refractivity contribution in [2.45, 2.75) is 24.3 Å². The van der Waals surface area contributed by atoms with Crippen LogP contribution < -0.4 is 4.72 Å². The zero-order chi connectivity index (χ0) is 14.6. The van der Waals surface area contributed by atoms with Gasteiger partial charge in [-0.05, 0) is 30.2 Å². The molecule has 0 radical (unpaired) electrons. The van der Waals surface area contributed by atoms with Crippen LogP contribution in [-0.4, -0.2) is 23.5 Å². The van der Waals surface area contributed by atoms with Crippen molar-refractivity contribution in [2.75, 3.05) is 4.72 Å². The molecule has 0 saturated carbocycles. The highest BCUT2D eigenvalue weighted by Crippen LogP contribution is 2.20. The van der Waals surface area contributed by atoms with E-state index in [1.54, 1.807) is 18.2 Å². The Morgan fingerprint density at radius 1 is 1.25 bits per heavy atom. The highest BCUT2D eigenvalue weighted by Gasteiger charge is 2.17. The SMILES string of the molecule is CCC(O)c1cccc(S(=O)(=O)Nc2ncccn2)c1. The fraction of sp³-hybridized carbons (Fsp3) is 0.231. The summed E-state index contributed by atoms with van der Waals surface area (Å²) >= 11 is 0. The molecule has 2 aromatic rings. The fourth-order valence-corrected chi connectivity index (χ4v) is 2.67. The monoisotopic (exact) mass is 293 g/mol. The highest BCUT2D eigenvalue weighted by molar-refractivity contribution is 7.92. The second kappa shape index (κ2) is 5.98. The second-order valence-corrected chi connectivity index (χ2v) is 5.86. The third-order valence-corrected chi connectivity index (χ3v) is 4.06. The summed E-state index contributed by atoms with van der Waals surface area (Å²) in [6.07, 6.45) is 2.72. The molecule has 1 unspecified atom stereocenters. The number of aliphatic hydroxyl groups excluding tert-OH is 1. The molecule has 106 valence electrons. The van der Waals surface area contributed by atoms with E-state index in [1.165, 1.54) is 24.5 Å². The predicted molar refractivity (Wildman–Crippen MR) is 74.5 cm³/mol. The zero-order valence-corrected chi connectivity index (χ0v) is 11.7. The Balaban J connectivity index is 2.30. The van der Waals surface area contributed by atoms with E-state index in [2.05, 4.69) is 14.7 Å². The maximum Gasteiger partial charge on any atom is 0.264 e. The van der Waals surface area contributed by atoms with Crippen LogP contribution in [0.1, 0.15) is 25.0 Å². The van der Waals surface area contributed by atoms with E-state index in [4.69, 9.17) is 0 Å². The molecule has 7 heteroatoms. The van der Waals surface area contributed by atoms with E-state index in [9.17, 15) is 13.5 Å². The Kier molecular flexibility index (Phi) is 4.31. The minimum atomic E-state index is -3.76. The lowest BCUT2D eigenvalue weighted by Crippen LogP contribution is -2.15. The van der Waals surface area contributed by atoms with Crippen LogP contribution in [0.4, 0.5) is 5.95 Å². The zero-order valence-electron chi connectivity index (χ0n) is 10.9. The van der Waals surface area contributed by atoms with Gasteiger partial charge in [0.05, 0.1) is 11.0 Å². The van der Waals surface area contributed by atoms with Gasteiger partial charge in [0.25, 0.3) is 10.0 Å². The number of anilines is 1. The van der Waals surface area contributed by atoms with Crippen molar-refractivity contribution in [3.63, 3.8) is 0 Å². The van der Waals surface area contributed by atoms with Gasteiger partial charge in [0.2, 0.25) is 5.95 Å². The number of nitrogens with zero attached hydrogens (tertiary/aromatic N) is 2. The lowest BCUT2D eigenvalue weighted by Gasteiger charge is -2.11. The summed E-state index contributed by atoms with van der Waals surface area (Å²) in [7, 11) is -3.76. The smallest absolute Gasteiger partial charge is 0.264 e. The van der Waals surface area contributed by atoms with Crippen LogP contribution in [0.15, 0.2) is 47.6 Å². The van der Waals surface area contributed by atoms with Gasteiger partial charge in [-0.25, -0.2) is 23.1 Å². The maximum atomic E-state index is 12.2. The molecule has 2 rings (SSSR count). The van der Waals surface area contributed by atoms with Gasteiger partial charge >= 0.3 is 0 Å². The summed E-state index contributed by atoms with van der Waals surface area (Å²) in [6.45, 7) is 1.82. The van der Waals surface area contributed by atoms with E-state index in [0.29, 0.717) is 12.0 Å². The molecule has 0 aliphatic rings. The molecule has 1 heterocycles. The van der Waals surface area contributed by atoms with E-state index in [1.807, 2.05) is 6.92 Å². The standard InChI is InChI=1S/C13H15N3O3S/c1-2-12(17)10-5-3-6-11(9-10)20(18,19)16-13-14-7-4-8-15-13/h3-9,12,17H,2H2,1H3,(H,14,15,16). The topological polar surface area (TPSA) is 92.2 Å². The van der Waals surface area contributed by atoms with Gasteiger partial charge in [-0.2, -0.15) is 0 Å².